The Hall–Kier alpha value is 0.700. The molecule has 0 heterocycles. The smallest absolute Gasteiger partial charge is 0.00591 e. The van der Waals surface area contributed by atoms with Crippen molar-refractivity contribution in [2.24, 2.45) is 11.8 Å². The molecular weight excluding hydrogens is 172 g/mol. The largest absolute Gasteiger partial charge is 0.179 e. The first kappa shape index (κ1) is 9.79. The Morgan fingerprint density at radius 3 is 2.00 bits per heavy atom. The average molecular weight is 190 g/mol. The number of hydrogen-bond acceptors (Lipinski definition) is 2. The molecule has 0 N–H and O–H groups in total. The molecule has 0 unspecified atom stereocenters. The fraction of sp³-hybridized carbons (Fsp3) is 1.00. The monoisotopic (exact) mass is 190 g/mol. The molecule has 0 atom stereocenters. The predicted octanol–water partition coefficient (Wildman–Crippen LogP) is 3.04. The zero-order chi connectivity index (χ0) is 8.10. The van der Waals surface area contributed by atoms with Crippen molar-refractivity contribution in [3.8, 4) is 0 Å². The highest BCUT2D eigenvalue weighted by molar-refractivity contribution is 7.81. The molecular formula is C9H18S2. The highest BCUT2D eigenvalue weighted by Gasteiger charge is 2.20. The van der Waals surface area contributed by atoms with Crippen LogP contribution in [0.1, 0.15) is 32.1 Å². The molecule has 1 rings (SSSR count). The Kier molecular flexibility index (Phi) is 4.77. The molecule has 0 bridgehead atoms. The maximum absolute atomic E-state index is 4.36. The second kappa shape index (κ2) is 5.36. The fourth-order valence-electron chi connectivity index (χ4n) is 1.96. The molecule has 1 aliphatic rings. The van der Waals surface area contributed by atoms with Gasteiger partial charge >= 0.3 is 0 Å². The van der Waals surface area contributed by atoms with Crippen LogP contribution in [-0.4, -0.2) is 11.5 Å². The Balaban J connectivity index is 2.30. The van der Waals surface area contributed by atoms with E-state index in [0.29, 0.717) is 0 Å². The molecule has 0 radical (unpaired) electrons. The van der Waals surface area contributed by atoms with Gasteiger partial charge in [-0.1, -0.05) is 32.1 Å². The van der Waals surface area contributed by atoms with Gasteiger partial charge in [0.15, 0.2) is 0 Å². The van der Waals surface area contributed by atoms with E-state index in [2.05, 4.69) is 25.3 Å². The molecule has 0 aromatic carbocycles. The third-order valence-corrected chi connectivity index (χ3v) is 3.72. The van der Waals surface area contributed by atoms with Gasteiger partial charge in [-0.2, -0.15) is 25.3 Å². The lowest BCUT2D eigenvalue weighted by Crippen LogP contribution is -2.20. The van der Waals surface area contributed by atoms with Crippen LogP contribution < -0.4 is 0 Å². The normalized spacial score (nSPS) is 21.0. The second-order valence-electron chi connectivity index (χ2n) is 3.52. The van der Waals surface area contributed by atoms with E-state index in [1.165, 1.54) is 32.1 Å². The van der Waals surface area contributed by atoms with Gasteiger partial charge < -0.3 is 0 Å². The summed E-state index contributed by atoms with van der Waals surface area (Å²) in [5, 5.41) is 0. The summed E-state index contributed by atoms with van der Waals surface area (Å²) in [4.78, 5) is 0. The van der Waals surface area contributed by atoms with E-state index in [0.717, 1.165) is 23.3 Å². The van der Waals surface area contributed by atoms with E-state index in [-0.39, 0.29) is 0 Å². The molecule has 0 aromatic heterocycles. The van der Waals surface area contributed by atoms with Gasteiger partial charge in [0.25, 0.3) is 0 Å². The van der Waals surface area contributed by atoms with Crippen LogP contribution >= 0.6 is 25.3 Å². The fourth-order valence-corrected chi connectivity index (χ4v) is 3.02. The Morgan fingerprint density at radius 1 is 1.00 bits per heavy atom. The van der Waals surface area contributed by atoms with Gasteiger partial charge in [-0.05, 0) is 23.3 Å². The minimum atomic E-state index is 0.766. The highest BCUT2D eigenvalue weighted by Crippen LogP contribution is 2.30. The standard InChI is InChI=1S/C9H18S2/c10-6-9(7-11)8-4-2-1-3-5-8/h8-11H,1-7H2. The maximum Gasteiger partial charge on any atom is -0.00591 e. The van der Waals surface area contributed by atoms with Gasteiger partial charge in [0.2, 0.25) is 0 Å². The molecule has 0 aliphatic heterocycles. The van der Waals surface area contributed by atoms with E-state index in [1.54, 1.807) is 0 Å². The van der Waals surface area contributed by atoms with Crippen molar-refractivity contribution in [3.05, 3.63) is 0 Å². The second-order valence-corrected chi connectivity index (χ2v) is 4.25. The van der Waals surface area contributed by atoms with Gasteiger partial charge in [0.05, 0.1) is 0 Å². The molecule has 1 fully saturated rings. The summed E-state index contributed by atoms with van der Waals surface area (Å²) in [6, 6.07) is 0. The van der Waals surface area contributed by atoms with Gasteiger partial charge in [0, 0.05) is 0 Å². The first-order valence-electron chi connectivity index (χ1n) is 4.60. The Bertz CT molecular complexity index is 93.7. The van der Waals surface area contributed by atoms with Crippen molar-refractivity contribution in [2.75, 3.05) is 11.5 Å². The van der Waals surface area contributed by atoms with Crippen LogP contribution in [0.15, 0.2) is 0 Å². The summed E-state index contributed by atoms with van der Waals surface area (Å²) in [5.41, 5.74) is 0. The Labute approximate surface area is 81.0 Å². The zero-order valence-electron chi connectivity index (χ0n) is 7.00. The van der Waals surface area contributed by atoms with Crippen molar-refractivity contribution < 1.29 is 0 Å². The SMILES string of the molecule is SCC(CS)C1CCCCC1. The lowest BCUT2D eigenvalue weighted by Gasteiger charge is -2.27. The van der Waals surface area contributed by atoms with E-state index >= 15 is 0 Å². The predicted molar refractivity (Wildman–Crippen MR) is 57.8 cm³/mol. The summed E-state index contributed by atoms with van der Waals surface area (Å²) in [6.45, 7) is 0. The molecule has 1 saturated carbocycles. The lowest BCUT2D eigenvalue weighted by atomic mass is 9.82. The summed E-state index contributed by atoms with van der Waals surface area (Å²) in [5.74, 6) is 3.74. The van der Waals surface area contributed by atoms with Crippen LogP contribution in [0.4, 0.5) is 0 Å². The summed E-state index contributed by atoms with van der Waals surface area (Å²) >= 11 is 8.71. The average Bonchev–Trinajstić information content (AvgIpc) is 2.09. The van der Waals surface area contributed by atoms with E-state index in [9.17, 15) is 0 Å². The van der Waals surface area contributed by atoms with E-state index in [1.807, 2.05) is 0 Å². The lowest BCUT2D eigenvalue weighted by molar-refractivity contribution is 0.287. The van der Waals surface area contributed by atoms with Crippen molar-refractivity contribution in [2.45, 2.75) is 32.1 Å². The first-order chi connectivity index (χ1) is 5.38. The molecule has 66 valence electrons. The molecule has 0 nitrogen and oxygen atoms in total. The molecule has 0 amide bonds. The summed E-state index contributed by atoms with van der Waals surface area (Å²) in [6.07, 6.45) is 7.16. The van der Waals surface area contributed by atoms with Crippen molar-refractivity contribution in [1.29, 1.82) is 0 Å². The maximum atomic E-state index is 4.36. The first-order valence-corrected chi connectivity index (χ1v) is 5.86. The van der Waals surface area contributed by atoms with Crippen LogP contribution in [0, 0.1) is 11.8 Å². The minimum absolute atomic E-state index is 0.766. The summed E-state index contributed by atoms with van der Waals surface area (Å²) < 4.78 is 0. The van der Waals surface area contributed by atoms with Gasteiger partial charge in [-0.15, -0.1) is 0 Å². The van der Waals surface area contributed by atoms with Gasteiger partial charge in [-0.25, -0.2) is 0 Å². The molecule has 0 saturated heterocycles. The van der Waals surface area contributed by atoms with Crippen molar-refractivity contribution >= 4 is 25.3 Å². The van der Waals surface area contributed by atoms with Crippen molar-refractivity contribution in [1.82, 2.24) is 0 Å². The van der Waals surface area contributed by atoms with Gasteiger partial charge in [-0.3, -0.25) is 0 Å². The quantitative estimate of drug-likeness (QED) is 0.628. The third-order valence-electron chi connectivity index (χ3n) is 2.79. The number of thiol groups is 2. The van der Waals surface area contributed by atoms with Crippen LogP contribution in [0.3, 0.4) is 0 Å². The van der Waals surface area contributed by atoms with Crippen LogP contribution in [0.25, 0.3) is 0 Å². The number of rotatable bonds is 3. The minimum Gasteiger partial charge on any atom is -0.179 e. The molecule has 0 aromatic rings. The van der Waals surface area contributed by atoms with E-state index < -0.39 is 0 Å². The topological polar surface area (TPSA) is 0 Å². The number of hydrogen-bond donors (Lipinski definition) is 2. The highest BCUT2D eigenvalue weighted by atomic mass is 32.1. The summed E-state index contributed by atoms with van der Waals surface area (Å²) in [7, 11) is 0. The molecule has 1 aliphatic carbocycles. The van der Waals surface area contributed by atoms with E-state index in [4.69, 9.17) is 0 Å². The third kappa shape index (κ3) is 2.90. The van der Waals surface area contributed by atoms with Crippen LogP contribution in [-0.2, 0) is 0 Å². The van der Waals surface area contributed by atoms with Crippen LogP contribution in [0.5, 0.6) is 0 Å². The van der Waals surface area contributed by atoms with Crippen LogP contribution in [0.2, 0.25) is 0 Å². The molecule has 2 heteroatoms. The zero-order valence-corrected chi connectivity index (χ0v) is 8.79. The Morgan fingerprint density at radius 2 is 1.55 bits per heavy atom. The van der Waals surface area contributed by atoms with Gasteiger partial charge in [0.1, 0.15) is 0 Å². The molecule has 11 heavy (non-hydrogen) atoms. The molecule has 0 spiro atoms. The van der Waals surface area contributed by atoms with Crippen molar-refractivity contribution in [3.63, 3.8) is 0 Å².